The second-order valence-electron chi connectivity index (χ2n) is 8.42. The molecule has 3 aromatic carbocycles. The number of carbonyl (C=O) groups excluding carboxylic acids is 1. The highest BCUT2D eigenvalue weighted by molar-refractivity contribution is 6.32. The molecule has 8 heteroatoms. The molecule has 0 bridgehead atoms. The van der Waals surface area contributed by atoms with Crippen molar-refractivity contribution in [2.24, 2.45) is 0 Å². The number of hydrogen-bond donors (Lipinski definition) is 2. The van der Waals surface area contributed by atoms with E-state index in [1.165, 1.54) is 6.07 Å². The minimum absolute atomic E-state index is 0.0197. The van der Waals surface area contributed by atoms with Crippen LogP contribution in [0.3, 0.4) is 0 Å². The number of halogens is 1. The summed E-state index contributed by atoms with van der Waals surface area (Å²) in [6, 6.07) is 20.1. The minimum Gasteiger partial charge on any atom is -0.507 e. The number of benzene rings is 3. The van der Waals surface area contributed by atoms with Crippen molar-refractivity contribution in [2.75, 3.05) is 6.54 Å². The molecule has 1 amide bonds. The molecular weight excluding hydrogens is 468 g/mol. The Morgan fingerprint density at radius 3 is 2.57 bits per heavy atom. The molecule has 2 heterocycles. The molecule has 5 rings (SSSR count). The van der Waals surface area contributed by atoms with Gasteiger partial charge in [-0.15, -0.1) is 0 Å². The molecule has 0 radical (unpaired) electrons. The van der Waals surface area contributed by atoms with Crippen molar-refractivity contribution in [3.63, 3.8) is 0 Å². The monoisotopic (exact) mass is 490 g/mol. The summed E-state index contributed by atoms with van der Waals surface area (Å²) in [5.41, 5.74) is 3.77. The van der Waals surface area contributed by atoms with Crippen molar-refractivity contribution in [1.29, 1.82) is 0 Å². The van der Waals surface area contributed by atoms with Gasteiger partial charge in [0.1, 0.15) is 23.9 Å². The Balaban J connectivity index is 1.25. The summed E-state index contributed by atoms with van der Waals surface area (Å²) in [5.74, 6) is 0.665. The van der Waals surface area contributed by atoms with Gasteiger partial charge in [-0.2, -0.15) is 0 Å². The standard InChI is InChI=1S/C27H23ClN2O5/c28-22-13-20(24(31)14-25(22)32)27-21-15-30(11-10-23(21)29-35-27)26(33)12-17-6-8-19(9-7-17)34-16-18-4-2-1-3-5-18/h1-9,13-14,31-32H,10-12,15-16H2. The van der Waals surface area contributed by atoms with Crippen LogP contribution in [0.2, 0.25) is 5.02 Å². The third kappa shape index (κ3) is 4.95. The third-order valence-electron chi connectivity index (χ3n) is 6.03. The maximum Gasteiger partial charge on any atom is 0.227 e. The molecule has 0 spiro atoms. The van der Waals surface area contributed by atoms with E-state index >= 15 is 0 Å². The first-order valence-corrected chi connectivity index (χ1v) is 11.6. The van der Waals surface area contributed by atoms with Gasteiger partial charge in [-0.1, -0.05) is 59.2 Å². The Kier molecular flexibility index (Phi) is 6.33. The molecule has 1 aliphatic rings. The van der Waals surface area contributed by atoms with Gasteiger partial charge in [0.2, 0.25) is 5.91 Å². The zero-order valence-electron chi connectivity index (χ0n) is 18.8. The van der Waals surface area contributed by atoms with E-state index in [0.29, 0.717) is 37.4 Å². The maximum absolute atomic E-state index is 13.0. The number of ether oxygens (including phenoxy) is 1. The fourth-order valence-corrected chi connectivity index (χ4v) is 4.26. The number of nitrogens with zero attached hydrogens (tertiary/aromatic N) is 2. The lowest BCUT2D eigenvalue weighted by Crippen LogP contribution is -2.36. The maximum atomic E-state index is 13.0. The lowest BCUT2D eigenvalue weighted by Gasteiger charge is -2.26. The largest absolute Gasteiger partial charge is 0.507 e. The molecule has 1 aliphatic heterocycles. The first-order valence-electron chi connectivity index (χ1n) is 11.2. The number of carbonyl (C=O) groups is 1. The summed E-state index contributed by atoms with van der Waals surface area (Å²) in [4.78, 5) is 14.8. The smallest absolute Gasteiger partial charge is 0.227 e. The van der Waals surface area contributed by atoms with Crippen molar-refractivity contribution in [1.82, 2.24) is 10.1 Å². The number of phenolic OH excluding ortho intramolecular Hbond substituents is 2. The third-order valence-corrected chi connectivity index (χ3v) is 6.33. The second kappa shape index (κ2) is 9.72. The van der Waals surface area contributed by atoms with E-state index in [2.05, 4.69) is 5.16 Å². The molecule has 0 aliphatic carbocycles. The highest BCUT2D eigenvalue weighted by Gasteiger charge is 2.29. The van der Waals surface area contributed by atoms with E-state index in [9.17, 15) is 15.0 Å². The number of rotatable bonds is 6. The average molecular weight is 491 g/mol. The predicted molar refractivity (Wildman–Crippen MR) is 130 cm³/mol. The van der Waals surface area contributed by atoms with Crippen molar-refractivity contribution in [3.05, 3.63) is 94.1 Å². The molecule has 7 nitrogen and oxygen atoms in total. The van der Waals surface area contributed by atoms with Crippen LogP contribution in [-0.4, -0.2) is 32.7 Å². The van der Waals surface area contributed by atoms with Crippen LogP contribution in [0.25, 0.3) is 11.3 Å². The van der Waals surface area contributed by atoms with E-state index in [4.69, 9.17) is 20.9 Å². The summed E-state index contributed by atoms with van der Waals surface area (Å²) < 4.78 is 11.3. The van der Waals surface area contributed by atoms with E-state index in [1.807, 2.05) is 54.6 Å². The molecule has 0 saturated carbocycles. The van der Waals surface area contributed by atoms with E-state index in [1.54, 1.807) is 4.90 Å². The van der Waals surface area contributed by atoms with Gasteiger partial charge in [0.05, 0.1) is 29.2 Å². The molecule has 0 saturated heterocycles. The minimum atomic E-state index is -0.227. The van der Waals surface area contributed by atoms with E-state index < -0.39 is 0 Å². The number of amides is 1. The van der Waals surface area contributed by atoms with Crippen LogP contribution in [0.15, 0.2) is 71.3 Å². The fraction of sp³-hybridized carbons (Fsp3) is 0.185. The Hall–Kier alpha value is -3.97. The van der Waals surface area contributed by atoms with E-state index in [-0.39, 0.29) is 28.8 Å². The molecule has 0 atom stereocenters. The molecule has 4 aromatic rings. The van der Waals surface area contributed by atoms with Crippen molar-refractivity contribution in [3.8, 4) is 28.6 Å². The topological polar surface area (TPSA) is 96.0 Å². The average Bonchev–Trinajstić information content (AvgIpc) is 3.29. The van der Waals surface area contributed by atoms with Crippen LogP contribution in [0.4, 0.5) is 0 Å². The molecule has 0 unspecified atom stereocenters. The number of fused-ring (bicyclic) bond motifs is 1. The SMILES string of the molecule is O=C(Cc1ccc(OCc2ccccc2)cc1)N1CCc2noc(-c3cc(Cl)c(O)cc3O)c2C1. The van der Waals surface area contributed by atoms with Crippen molar-refractivity contribution in [2.45, 2.75) is 26.0 Å². The molecule has 2 N–H and O–H groups in total. The van der Waals surface area contributed by atoms with Crippen LogP contribution in [0.5, 0.6) is 17.2 Å². The van der Waals surface area contributed by atoms with Crippen LogP contribution in [0.1, 0.15) is 22.4 Å². The second-order valence-corrected chi connectivity index (χ2v) is 8.83. The first kappa shape index (κ1) is 22.8. The van der Waals surface area contributed by atoms with Gasteiger partial charge in [-0.25, -0.2) is 0 Å². The first-order chi connectivity index (χ1) is 17.0. The summed E-state index contributed by atoms with van der Waals surface area (Å²) in [6.45, 7) is 1.32. The zero-order valence-corrected chi connectivity index (χ0v) is 19.5. The van der Waals surface area contributed by atoms with Crippen LogP contribution < -0.4 is 4.74 Å². The van der Waals surface area contributed by atoms with Gasteiger partial charge in [-0.3, -0.25) is 4.79 Å². The molecule has 35 heavy (non-hydrogen) atoms. The Morgan fingerprint density at radius 2 is 1.80 bits per heavy atom. The lowest BCUT2D eigenvalue weighted by atomic mass is 10.00. The number of aromatic hydroxyl groups is 2. The van der Waals surface area contributed by atoms with Gasteiger partial charge < -0.3 is 24.4 Å². The number of phenols is 2. The van der Waals surface area contributed by atoms with Gasteiger partial charge in [0, 0.05) is 24.6 Å². The highest BCUT2D eigenvalue weighted by Crippen LogP contribution is 2.40. The van der Waals surface area contributed by atoms with Crippen LogP contribution in [-0.2, 0) is 30.8 Å². The quantitative estimate of drug-likeness (QED) is 0.390. The van der Waals surface area contributed by atoms with Gasteiger partial charge in [-0.05, 0) is 29.3 Å². The predicted octanol–water partition coefficient (Wildman–Crippen LogP) is 5.11. The molecule has 178 valence electrons. The summed E-state index contributed by atoms with van der Waals surface area (Å²) in [5, 5.41) is 24.2. The van der Waals surface area contributed by atoms with Gasteiger partial charge in [0.15, 0.2) is 5.76 Å². The molecular formula is C27H23ClN2O5. The normalized spacial score (nSPS) is 12.9. The Labute approximate surface area is 207 Å². The summed E-state index contributed by atoms with van der Waals surface area (Å²) in [7, 11) is 0. The number of aromatic nitrogens is 1. The van der Waals surface area contributed by atoms with E-state index in [0.717, 1.165) is 34.2 Å². The number of hydrogen-bond acceptors (Lipinski definition) is 6. The lowest BCUT2D eigenvalue weighted by molar-refractivity contribution is -0.131. The fourth-order valence-electron chi connectivity index (χ4n) is 4.10. The van der Waals surface area contributed by atoms with Crippen LogP contribution in [0, 0.1) is 0 Å². The molecule has 1 aromatic heterocycles. The summed E-state index contributed by atoms with van der Waals surface area (Å²) in [6.07, 6.45) is 0.800. The zero-order chi connectivity index (χ0) is 24.4. The van der Waals surface area contributed by atoms with Gasteiger partial charge >= 0.3 is 0 Å². The van der Waals surface area contributed by atoms with Crippen molar-refractivity contribution < 1.29 is 24.3 Å². The van der Waals surface area contributed by atoms with Crippen molar-refractivity contribution >= 4 is 17.5 Å². The Bertz CT molecular complexity index is 1350. The van der Waals surface area contributed by atoms with Crippen LogP contribution >= 0.6 is 11.6 Å². The Morgan fingerprint density at radius 1 is 1.03 bits per heavy atom. The van der Waals surface area contributed by atoms with Gasteiger partial charge in [0.25, 0.3) is 0 Å². The molecule has 0 fully saturated rings. The highest BCUT2D eigenvalue weighted by atomic mass is 35.5. The summed E-state index contributed by atoms with van der Waals surface area (Å²) >= 11 is 6.02.